The standard InChI is InChI=1S/C20H19F3N2O4/c1-12-3-5-14(6-4-12)19(28)24-11-17(26)29-13(2)18(27)25-16-9-7-15(8-10-16)20(21,22)23/h3-10,13H,11H2,1-2H3,(H,24,28)(H,25,27). The number of anilines is 1. The number of hydrogen-bond acceptors (Lipinski definition) is 4. The van der Waals surface area contributed by atoms with E-state index in [-0.39, 0.29) is 5.69 Å². The minimum atomic E-state index is -4.48. The lowest BCUT2D eigenvalue weighted by Gasteiger charge is -2.14. The number of rotatable bonds is 6. The zero-order valence-electron chi connectivity index (χ0n) is 15.7. The Hall–Kier alpha value is -3.36. The van der Waals surface area contributed by atoms with Crippen LogP contribution in [0, 0.1) is 6.92 Å². The van der Waals surface area contributed by atoms with E-state index in [1.165, 1.54) is 6.92 Å². The lowest BCUT2D eigenvalue weighted by molar-refractivity contribution is -0.152. The Morgan fingerprint density at radius 3 is 2.14 bits per heavy atom. The maximum Gasteiger partial charge on any atom is 0.416 e. The normalized spacial score (nSPS) is 12.0. The van der Waals surface area contributed by atoms with Crippen LogP contribution in [-0.4, -0.2) is 30.4 Å². The number of ether oxygens (including phenoxy) is 1. The highest BCUT2D eigenvalue weighted by Crippen LogP contribution is 2.29. The second kappa shape index (κ2) is 9.22. The molecule has 2 rings (SSSR count). The lowest BCUT2D eigenvalue weighted by Crippen LogP contribution is -2.35. The van der Waals surface area contributed by atoms with E-state index in [2.05, 4.69) is 10.6 Å². The van der Waals surface area contributed by atoms with Gasteiger partial charge in [0.1, 0.15) is 6.54 Å². The van der Waals surface area contributed by atoms with Crippen molar-refractivity contribution in [3.05, 3.63) is 65.2 Å². The number of amides is 2. The van der Waals surface area contributed by atoms with E-state index in [9.17, 15) is 27.6 Å². The number of alkyl halides is 3. The number of carbonyl (C=O) groups is 3. The Kier molecular flexibility index (Phi) is 6.98. The van der Waals surface area contributed by atoms with Crippen molar-refractivity contribution >= 4 is 23.5 Å². The number of aryl methyl sites for hydroxylation is 1. The molecule has 0 aromatic heterocycles. The number of hydrogen-bond donors (Lipinski definition) is 2. The van der Waals surface area contributed by atoms with Crippen LogP contribution in [0.2, 0.25) is 0 Å². The molecule has 0 aliphatic carbocycles. The van der Waals surface area contributed by atoms with Crippen molar-refractivity contribution in [1.82, 2.24) is 5.32 Å². The predicted octanol–water partition coefficient (Wildman–Crippen LogP) is 3.31. The van der Waals surface area contributed by atoms with Gasteiger partial charge in [-0.3, -0.25) is 14.4 Å². The van der Waals surface area contributed by atoms with Gasteiger partial charge in [0, 0.05) is 11.3 Å². The van der Waals surface area contributed by atoms with Gasteiger partial charge in [-0.15, -0.1) is 0 Å². The molecule has 6 nitrogen and oxygen atoms in total. The largest absolute Gasteiger partial charge is 0.451 e. The van der Waals surface area contributed by atoms with Gasteiger partial charge in [0.25, 0.3) is 11.8 Å². The van der Waals surface area contributed by atoms with Gasteiger partial charge in [0.05, 0.1) is 5.56 Å². The van der Waals surface area contributed by atoms with Crippen LogP contribution in [0.3, 0.4) is 0 Å². The molecular formula is C20H19F3N2O4. The highest BCUT2D eigenvalue weighted by molar-refractivity contribution is 5.97. The van der Waals surface area contributed by atoms with Crippen molar-refractivity contribution in [2.45, 2.75) is 26.1 Å². The Morgan fingerprint density at radius 1 is 1.00 bits per heavy atom. The van der Waals surface area contributed by atoms with Crippen LogP contribution >= 0.6 is 0 Å². The van der Waals surface area contributed by atoms with Gasteiger partial charge in [-0.2, -0.15) is 13.2 Å². The van der Waals surface area contributed by atoms with E-state index in [1.54, 1.807) is 24.3 Å². The Morgan fingerprint density at radius 2 is 1.59 bits per heavy atom. The minimum Gasteiger partial charge on any atom is -0.451 e. The molecule has 29 heavy (non-hydrogen) atoms. The topological polar surface area (TPSA) is 84.5 Å². The Bertz CT molecular complexity index is 878. The highest BCUT2D eigenvalue weighted by Gasteiger charge is 2.30. The number of halogens is 3. The molecular weight excluding hydrogens is 389 g/mol. The summed E-state index contributed by atoms with van der Waals surface area (Å²) in [7, 11) is 0. The molecule has 2 N–H and O–H groups in total. The molecule has 2 aromatic carbocycles. The molecule has 0 aliphatic heterocycles. The molecule has 0 heterocycles. The van der Waals surface area contributed by atoms with Crippen LogP contribution in [0.5, 0.6) is 0 Å². The van der Waals surface area contributed by atoms with E-state index in [0.29, 0.717) is 5.56 Å². The summed E-state index contributed by atoms with van der Waals surface area (Å²) in [4.78, 5) is 35.8. The molecule has 0 aliphatic rings. The van der Waals surface area contributed by atoms with E-state index in [0.717, 1.165) is 29.8 Å². The quantitative estimate of drug-likeness (QED) is 0.719. The van der Waals surface area contributed by atoms with E-state index in [1.807, 2.05) is 6.92 Å². The maximum atomic E-state index is 12.5. The minimum absolute atomic E-state index is 0.124. The van der Waals surface area contributed by atoms with E-state index >= 15 is 0 Å². The number of nitrogens with one attached hydrogen (secondary N) is 2. The zero-order valence-corrected chi connectivity index (χ0v) is 15.7. The molecule has 0 fully saturated rings. The Balaban J connectivity index is 1.81. The third-order valence-electron chi connectivity index (χ3n) is 3.86. The summed E-state index contributed by atoms with van der Waals surface area (Å²) < 4.78 is 42.5. The van der Waals surface area contributed by atoms with Crippen molar-refractivity contribution in [3.8, 4) is 0 Å². The van der Waals surface area contributed by atoms with Crippen LogP contribution in [0.4, 0.5) is 18.9 Å². The Labute approximate surface area is 165 Å². The zero-order chi connectivity index (χ0) is 21.6. The molecule has 2 aromatic rings. The van der Waals surface area contributed by atoms with Crippen LogP contribution < -0.4 is 10.6 Å². The fraction of sp³-hybridized carbons (Fsp3) is 0.250. The SMILES string of the molecule is Cc1ccc(C(=O)NCC(=O)OC(C)C(=O)Nc2ccc(C(F)(F)F)cc2)cc1. The van der Waals surface area contributed by atoms with Gasteiger partial charge >= 0.3 is 12.1 Å². The molecule has 0 bridgehead atoms. The van der Waals surface area contributed by atoms with Gasteiger partial charge in [-0.1, -0.05) is 17.7 Å². The van der Waals surface area contributed by atoms with E-state index in [4.69, 9.17) is 4.74 Å². The molecule has 154 valence electrons. The molecule has 1 atom stereocenters. The summed E-state index contributed by atoms with van der Waals surface area (Å²) in [6.07, 6.45) is -5.69. The highest BCUT2D eigenvalue weighted by atomic mass is 19.4. The predicted molar refractivity (Wildman–Crippen MR) is 99.1 cm³/mol. The summed E-state index contributed by atoms with van der Waals surface area (Å²) in [5, 5.41) is 4.73. The van der Waals surface area contributed by atoms with Crippen molar-refractivity contribution < 1.29 is 32.3 Å². The number of esters is 1. The van der Waals surface area contributed by atoms with Crippen molar-refractivity contribution in [2.24, 2.45) is 0 Å². The van der Waals surface area contributed by atoms with Gasteiger partial charge in [0.2, 0.25) is 0 Å². The van der Waals surface area contributed by atoms with Gasteiger partial charge in [0.15, 0.2) is 6.10 Å². The summed E-state index contributed by atoms with van der Waals surface area (Å²) in [5.74, 6) is -2.02. The lowest BCUT2D eigenvalue weighted by atomic mass is 10.1. The van der Waals surface area contributed by atoms with Gasteiger partial charge in [-0.05, 0) is 50.2 Å². The molecule has 0 saturated heterocycles. The molecule has 0 spiro atoms. The van der Waals surface area contributed by atoms with Crippen molar-refractivity contribution in [1.29, 1.82) is 0 Å². The first kappa shape index (κ1) is 21.9. The van der Waals surface area contributed by atoms with Crippen LogP contribution in [0.15, 0.2) is 48.5 Å². The average molecular weight is 408 g/mol. The summed E-state index contributed by atoms with van der Waals surface area (Å²) in [6.45, 7) is 2.74. The molecule has 0 saturated carbocycles. The second-order valence-electron chi connectivity index (χ2n) is 6.25. The fourth-order valence-corrected chi connectivity index (χ4v) is 2.24. The monoisotopic (exact) mass is 408 g/mol. The van der Waals surface area contributed by atoms with Crippen LogP contribution in [0.1, 0.15) is 28.4 Å². The van der Waals surface area contributed by atoms with Gasteiger partial charge < -0.3 is 15.4 Å². The summed E-state index contributed by atoms with van der Waals surface area (Å²) in [5.41, 5.74) is 0.628. The first-order chi connectivity index (χ1) is 13.6. The average Bonchev–Trinajstić information content (AvgIpc) is 2.66. The molecule has 1 unspecified atom stereocenters. The summed E-state index contributed by atoms with van der Waals surface area (Å²) in [6, 6.07) is 10.6. The van der Waals surface area contributed by atoms with E-state index < -0.39 is 42.2 Å². The first-order valence-corrected chi connectivity index (χ1v) is 8.59. The second-order valence-corrected chi connectivity index (χ2v) is 6.25. The van der Waals surface area contributed by atoms with Crippen molar-refractivity contribution in [3.63, 3.8) is 0 Å². The van der Waals surface area contributed by atoms with Crippen molar-refractivity contribution in [2.75, 3.05) is 11.9 Å². The molecule has 0 radical (unpaired) electrons. The van der Waals surface area contributed by atoms with Gasteiger partial charge in [-0.25, -0.2) is 0 Å². The van der Waals surface area contributed by atoms with Crippen LogP contribution in [0.25, 0.3) is 0 Å². The van der Waals surface area contributed by atoms with Crippen LogP contribution in [-0.2, 0) is 20.5 Å². The third kappa shape index (κ3) is 6.63. The number of carbonyl (C=O) groups excluding carboxylic acids is 3. The fourth-order valence-electron chi connectivity index (χ4n) is 2.24. The third-order valence-corrected chi connectivity index (χ3v) is 3.86. The first-order valence-electron chi connectivity index (χ1n) is 8.59. The number of benzene rings is 2. The summed E-state index contributed by atoms with van der Waals surface area (Å²) >= 11 is 0. The smallest absolute Gasteiger partial charge is 0.416 e. The molecule has 2 amide bonds. The molecule has 9 heteroatoms. The maximum absolute atomic E-state index is 12.5.